The molecule has 2 N–H and O–H groups in total. The average molecular weight is 354 g/mol. The highest BCUT2D eigenvalue weighted by atomic mass is 16.5. The molecule has 1 fully saturated rings. The summed E-state index contributed by atoms with van der Waals surface area (Å²) in [5.41, 5.74) is 3.74. The van der Waals surface area contributed by atoms with Crippen LogP contribution in [0.25, 0.3) is 0 Å². The zero-order valence-electron chi connectivity index (χ0n) is 15.2. The Bertz CT molecular complexity index is 715. The number of carbonyl (C=O) groups excluding carboxylic acids is 1. The van der Waals surface area contributed by atoms with Crippen molar-refractivity contribution in [3.8, 4) is 0 Å². The highest BCUT2D eigenvalue weighted by Crippen LogP contribution is 2.19. The van der Waals surface area contributed by atoms with Crippen LogP contribution in [0.3, 0.4) is 0 Å². The van der Waals surface area contributed by atoms with E-state index in [4.69, 9.17) is 4.74 Å². The monoisotopic (exact) mass is 354 g/mol. The van der Waals surface area contributed by atoms with Crippen LogP contribution in [0.2, 0.25) is 0 Å². The number of nitrogens with one attached hydrogen (secondary N) is 2. The maximum Gasteiger partial charge on any atom is 0.251 e. The highest BCUT2D eigenvalue weighted by molar-refractivity contribution is 5.97. The van der Waals surface area contributed by atoms with Crippen LogP contribution in [-0.4, -0.2) is 55.2 Å². The molecule has 0 atom stereocenters. The summed E-state index contributed by atoms with van der Waals surface area (Å²) in [4.78, 5) is 19.0. The minimum atomic E-state index is -0.0270. The number of carbonyl (C=O) groups is 1. The fourth-order valence-electron chi connectivity index (χ4n) is 3.02. The van der Waals surface area contributed by atoms with Gasteiger partial charge in [-0.3, -0.25) is 14.7 Å². The fourth-order valence-corrected chi connectivity index (χ4v) is 3.02. The molecule has 1 aromatic heterocycles. The SMILES string of the molecule is Cc1c(NCc2cccnc2)cccc1C(=O)NCCN1CCOCC1. The van der Waals surface area contributed by atoms with Gasteiger partial charge in [-0.25, -0.2) is 0 Å². The van der Waals surface area contributed by atoms with Crippen molar-refractivity contribution in [3.63, 3.8) is 0 Å². The summed E-state index contributed by atoms with van der Waals surface area (Å²) in [6.45, 7) is 7.57. The summed E-state index contributed by atoms with van der Waals surface area (Å²) in [5, 5.41) is 6.42. The molecule has 1 aliphatic rings. The first kappa shape index (κ1) is 18.4. The number of ether oxygens (including phenoxy) is 1. The van der Waals surface area contributed by atoms with Crippen LogP contribution in [0.4, 0.5) is 5.69 Å². The Hall–Kier alpha value is -2.44. The van der Waals surface area contributed by atoms with E-state index in [1.54, 1.807) is 6.20 Å². The molecule has 0 aliphatic carbocycles. The largest absolute Gasteiger partial charge is 0.381 e. The molecule has 0 spiro atoms. The molecule has 0 radical (unpaired) electrons. The van der Waals surface area contributed by atoms with Gasteiger partial charge in [0.05, 0.1) is 13.2 Å². The number of morpholine rings is 1. The van der Waals surface area contributed by atoms with Crippen molar-refractivity contribution in [1.29, 1.82) is 0 Å². The smallest absolute Gasteiger partial charge is 0.251 e. The van der Waals surface area contributed by atoms with Crippen LogP contribution in [0.5, 0.6) is 0 Å². The van der Waals surface area contributed by atoms with Gasteiger partial charge in [-0.05, 0) is 36.2 Å². The van der Waals surface area contributed by atoms with Gasteiger partial charge >= 0.3 is 0 Å². The molecule has 2 aromatic rings. The normalized spacial score (nSPS) is 14.8. The maximum absolute atomic E-state index is 12.5. The summed E-state index contributed by atoms with van der Waals surface area (Å²) in [6.07, 6.45) is 3.60. The topological polar surface area (TPSA) is 66.5 Å². The summed E-state index contributed by atoms with van der Waals surface area (Å²) >= 11 is 0. The first-order valence-corrected chi connectivity index (χ1v) is 9.05. The van der Waals surface area contributed by atoms with Gasteiger partial charge in [-0.2, -0.15) is 0 Å². The Morgan fingerprint density at radius 1 is 1.23 bits per heavy atom. The molecule has 1 saturated heterocycles. The number of benzene rings is 1. The van der Waals surface area contributed by atoms with Crippen LogP contribution in [0.15, 0.2) is 42.7 Å². The third-order valence-electron chi connectivity index (χ3n) is 4.60. The number of aromatic nitrogens is 1. The lowest BCUT2D eigenvalue weighted by atomic mass is 10.1. The number of hydrogen-bond donors (Lipinski definition) is 2. The Morgan fingerprint density at radius 2 is 2.08 bits per heavy atom. The molecule has 6 nitrogen and oxygen atoms in total. The van der Waals surface area contributed by atoms with Gasteiger partial charge in [0, 0.05) is 56.4 Å². The van der Waals surface area contributed by atoms with E-state index < -0.39 is 0 Å². The van der Waals surface area contributed by atoms with E-state index in [9.17, 15) is 4.79 Å². The third kappa shape index (κ3) is 5.03. The number of rotatable bonds is 7. The molecule has 1 aromatic carbocycles. The first-order chi connectivity index (χ1) is 12.7. The van der Waals surface area contributed by atoms with Crippen LogP contribution < -0.4 is 10.6 Å². The second-order valence-corrected chi connectivity index (χ2v) is 6.40. The Balaban J connectivity index is 1.54. The number of anilines is 1. The van der Waals surface area contributed by atoms with E-state index in [-0.39, 0.29) is 5.91 Å². The number of amides is 1. The van der Waals surface area contributed by atoms with Gasteiger partial charge in [0.25, 0.3) is 5.91 Å². The zero-order valence-corrected chi connectivity index (χ0v) is 15.2. The summed E-state index contributed by atoms with van der Waals surface area (Å²) < 4.78 is 5.34. The van der Waals surface area contributed by atoms with E-state index in [0.29, 0.717) is 18.7 Å². The van der Waals surface area contributed by atoms with Crippen molar-refractivity contribution >= 4 is 11.6 Å². The van der Waals surface area contributed by atoms with E-state index >= 15 is 0 Å². The molecule has 0 bridgehead atoms. The van der Waals surface area contributed by atoms with Gasteiger partial charge in [-0.15, -0.1) is 0 Å². The van der Waals surface area contributed by atoms with Gasteiger partial charge in [0.1, 0.15) is 0 Å². The van der Waals surface area contributed by atoms with E-state index in [1.165, 1.54) is 0 Å². The first-order valence-electron chi connectivity index (χ1n) is 9.05. The van der Waals surface area contributed by atoms with Crippen LogP contribution in [-0.2, 0) is 11.3 Å². The van der Waals surface area contributed by atoms with Crippen molar-refractivity contribution < 1.29 is 9.53 Å². The average Bonchev–Trinajstić information content (AvgIpc) is 2.69. The van der Waals surface area contributed by atoms with Gasteiger partial charge in [-0.1, -0.05) is 12.1 Å². The standard InChI is InChI=1S/C20H26N4O2/c1-16-18(20(25)22-8-9-24-10-12-26-13-11-24)5-2-6-19(16)23-15-17-4-3-7-21-14-17/h2-7,14,23H,8-13,15H2,1H3,(H,22,25). The second kappa shape index (κ2) is 9.31. The van der Waals surface area contributed by atoms with E-state index in [1.807, 2.05) is 43.5 Å². The highest BCUT2D eigenvalue weighted by Gasteiger charge is 2.13. The zero-order chi connectivity index (χ0) is 18.2. The fraction of sp³-hybridized carbons (Fsp3) is 0.400. The Morgan fingerprint density at radius 3 is 2.85 bits per heavy atom. The second-order valence-electron chi connectivity index (χ2n) is 6.40. The molecule has 138 valence electrons. The molecular formula is C20H26N4O2. The van der Waals surface area contributed by atoms with Crippen molar-refractivity contribution in [3.05, 3.63) is 59.4 Å². The molecule has 6 heteroatoms. The van der Waals surface area contributed by atoms with Crippen molar-refractivity contribution in [2.24, 2.45) is 0 Å². The number of nitrogens with zero attached hydrogens (tertiary/aromatic N) is 2. The van der Waals surface area contributed by atoms with Crippen LogP contribution in [0, 0.1) is 6.92 Å². The predicted molar refractivity (Wildman–Crippen MR) is 102 cm³/mol. The minimum absolute atomic E-state index is 0.0270. The lowest BCUT2D eigenvalue weighted by Crippen LogP contribution is -2.41. The molecule has 0 unspecified atom stereocenters. The summed E-state index contributed by atoms with van der Waals surface area (Å²) in [5.74, 6) is -0.0270. The molecule has 26 heavy (non-hydrogen) atoms. The molecule has 2 heterocycles. The Labute approximate surface area is 154 Å². The summed E-state index contributed by atoms with van der Waals surface area (Å²) in [6, 6.07) is 9.72. The lowest BCUT2D eigenvalue weighted by molar-refractivity contribution is 0.0383. The minimum Gasteiger partial charge on any atom is -0.381 e. The molecule has 1 aliphatic heterocycles. The van der Waals surface area contributed by atoms with Gasteiger partial charge in [0.15, 0.2) is 0 Å². The number of pyridine rings is 1. The van der Waals surface area contributed by atoms with Crippen molar-refractivity contribution in [1.82, 2.24) is 15.2 Å². The summed E-state index contributed by atoms with van der Waals surface area (Å²) in [7, 11) is 0. The number of hydrogen-bond acceptors (Lipinski definition) is 5. The van der Waals surface area contributed by atoms with Gasteiger partial charge in [0.2, 0.25) is 0 Å². The van der Waals surface area contributed by atoms with Crippen molar-refractivity contribution in [2.75, 3.05) is 44.7 Å². The quantitative estimate of drug-likeness (QED) is 0.797. The Kier molecular flexibility index (Phi) is 6.57. The van der Waals surface area contributed by atoms with Crippen molar-refractivity contribution in [2.45, 2.75) is 13.5 Å². The van der Waals surface area contributed by atoms with Crippen LogP contribution >= 0.6 is 0 Å². The molecular weight excluding hydrogens is 328 g/mol. The lowest BCUT2D eigenvalue weighted by Gasteiger charge is -2.26. The van der Waals surface area contributed by atoms with E-state index in [0.717, 1.165) is 49.7 Å². The van der Waals surface area contributed by atoms with Crippen LogP contribution in [0.1, 0.15) is 21.5 Å². The molecule has 1 amide bonds. The van der Waals surface area contributed by atoms with Gasteiger partial charge < -0.3 is 15.4 Å². The predicted octanol–water partition coefficient (Wildman–Crippen LogP) is 2.06. The maximum atomic E-state index is 12.5. The molecule has 3 rings (SSSR count). The molecule has 0 saturated carbocycles. The third-order valence-corrected chi connectivity index (χ3v) is 4.60. The van der Waals surface area contributed by atoms with E-state index in [2.05, 4.69) is 20.5 Å².